The fourth-order valence-electron chi connectivity index (χ4n) is 0.864. The number of rotatable bonds is 6. The zero-order valence-corrected chi connectivity index (χ0v) is 8.74. The smallest absolute Gasteiger partial charge is 0.279 e. The summed E-state index contributed by atoms with van der Waals surface area (Å²) in [5.41, 5.74) is 0. The van der Waals surface area contributed by atoms with Crippen LogP contribution in [-0.4, -0.2) is 26.1 Å². The average Bonchev–Trinajstić information content (AvgIpc) is 2.20. The summed E-state index contributed by atoms with van der Waals surface area (Å²) in [7, 11) is 1.60. The molecule has 0 saturated carbocycles. The van der Waals surface area contributed by atoms with Crippen molar-refractivity contribution in [1.29, 1.82) is 0 Å². The van der Waals surface area contributed by atoms with Crippen LogP contribution in [0.2, 0.25) is 0 Å². The summed E-state index contributed by atoms with van der Waals surface area (Å²) in [4.78, 5) is 0. The normalized spacial score (nSPS) is 12.4. The minimum absolute atomic E-state index is 0.414. The van der Waals surface area contributed by atoms with Gasteiger partial charge in [0.05, 0.1) is 13.2 Å². The maximum Gasteiger partial charge on any atom is 0.279 e. The van der Waals surface area contributed by atoms with Crippen molar-refractivity contribution in [3.63, 3.8) is 0 Å². The van der Waals surface area contributed by atoms with Crippen molar-refractivity contribution in [2.24, 2.45) is 0 Å². The van der Waals surface area contributed by atoms with Crippen LogP contribution < -0.4 is 4.74 Å². The molecule has 0 N–H and O–H groups in total. The van der Waals surface area contributed by atoms with E-state index in [4.69, 9.17) is 25.8 Å². The SMILES string of the molecule is COCCOC(Cl)Oc1ccccc1. The van der Waals surface area contributed by atoms with Crippen LogP contribution in [0.5, 0.6) is 5.75 Å². The predicted octanol–water partition coefficient (Wildman–Crippen LogP) is 2.25. The van der Waals surface area contributed by atoms with E-state index in [1.165, 1.54) is 0 Å². The molecular weight excluding hydrogens is 204 g/mol. The van der Waals surface area contributed by atoms with Crippen molar-refractivity contribution < 1.29 is 14.2 Å². The van der Waals surface area contributed by atoms with E-state index in [-0.39, 0.29) is 0 Å². The van der Waals surface area contributed by atoms with Crippen molar-refractivity contribution in [2.45, 2.75) is 5.75 Å². The van der Waals surface area contributed by atoms with Crippen molar-refractivity contribution in [1.82, 2.24) is 0 Å². The summed E-state index contributed by atoms with van der Waals surface area (Å²) < 4.78 is 15.2. The van der Waals surface area contributed by atoms with Gasteiger partial charge in [-0.25, -0.2) is 0 Å². The van der Waals surface area contributed by atoms with Crippen molar-refractivity contribution in [3.8, 4) is 5.75 Å². The highest BCUT2D eigenvalue weighted by Gasteiger charge is 2.04. The van der Waals surface area contributed by atoms with Crippen molar-refractivity contribution >= 4 is 11.6 Å². The number of para-hydroxylation sites is 1. The van der Waals surface area contributed by atoms with Gasteiger partial charge >= 0.3 is 0 Å². The summed E-state index contributed by atoms with van der Waals surface area (Å²) in [6.45, 7) is 0.916. The van der Waals surface area contributed by atoms with Crippen LogP contribution in [0.4, 0.5) is 0 Å². The van der Waals surface area contributed by atoms with Gasteiger partial charge in [0.15, 0.2) is 0 Å². The highest BCUT2D eigenvalue weighted by molar-refractivity contribution is 6.18. The van der Waals surface area contributed by atoms with Gasteiger partial charge < -0.3 is 14.2 Å². The average molecular weight is 217 g/mol. The van der Waals surface area contributed by atoms with Crippen LogP contribution in [0.15, 0.2) is 30.3 Å². The lowest BCUT2D eigenvalue weighted by molar-refractivity contribution is -0.0390. The first-order chi connectivity index (χ1) is 6.83. The van der Waals surface area contributed by atoms with Crippen molar-refractivity contribution in [3.05, 3.63) is 30.3 Å². The second kappa shape index (κ2) is 6.65. The molecule has 0 fully saturated rings. The number of methoxy groups -OCH3 is 1. The molecule has 0 bridgehead atoms. The summed E-state index contributed by atoms with van der Waals surface area (Å²) in [6.07, 6.45) is 0. The quantitative estimate of drug-likeness (QED) is 0.415. The summed E-state index contributed by atoms with van der Waals surface area (Å²) >= 11 is 5.75. The minimum atomic E-state index is -0.771. The molecule has 1 rings (SSSR count). The lowest BCUT2D eigenvalue weighted by atomic mass is 10.3. The highest BCUT2D eigenvalue weighted by atomic mass is 35.5. The number of benzene rings is 1. The molecular formula is C10H13ClO3. The Labute approximate surface area is 88.5 Å². The van der Waals surface area contributed by atoms with Crippen LogP contribution in [0.3, 0.4) is 0 Å². The minimum Gasteiger partial charge on any atom is -0.451 e. The fraction of sp³-hybridized carbons (Fsp3) is 0.400. The first-order valence-electron chi connectivity index (χ1n) is 4.29. The molecule has 0 radical (unpaired) electrons. The molecule has 1 unspecified atom stereocenters. The maximum atomic E-state index is 5.75. The van der Waals surface area contributed by atoms with Crippen LogP contribution in [0, 0.1) is 0 Å². The number of ether oxygens (including phenoxy) is 3. The molecule has 1 aromatic carbocycles. The zero-order chi connectivity index (χ0) is 10.2. The second-order valence-corrected chi connectivity index (χ2v) is 2.93. The van der Waals surface area contributed by atoms with Gasteiger partial charge in [-0.15, -0.1) is 0 Å². The molecule has 78 valence electrons. The molecule has 1 aromatic rings. The Morgan fingerprint density at radius 2 is 1.93 bits per heavy atom. The molecule has 0 heterocycles. The van der Waals surface area contributed by atoms with Gasteiger partial charge in [0.1, 0.15) is 5.75 Å². The molecule has 0 aliphatic heterocycles. The van der Waals surface area contributed by atoms with Crippen LogP contribution in [0.1, 0.15) is 0 Å². The van der Waals surface area contributed by atoms with Gasteiger partial charge in [-0.3, -0.25) is 0 Å². The number of hydrogen-bond donors (Lipinski definition) is 0. The third kappa shape index (κ3) is 4.46. The Morgan fingerprint density at radius 3 is 2.57 bits per heavy atom. The topological polar surface area (TPSA) is 27.7 Å². The molecule has 14 heavy (non-hydrogen) atoms. The molecule has 0 amide bonds. The van der Waals surface area contributed by atoms with Crippen molar-refractivity contribution in [2.75, 3.05) is 20.3 Å². The molecule has 0 aliphatic rings. The molecule has 1 atom stereocenters. The van der Waals surface area contributed by atoms with E-state index in [1.54, 1.807) is 7.11 Å². The van der Waals surface area contributed by atoms with Gasteiger partial charge in [0.2, 0.25) is 0 Å². The van der Waals surface area contributed by atoms with Crippen LogP contribution in [-0.2, 0) is 9.47 Å². The lowest BCUT2D eigenvalue weighted by Crippen LogP contribution is -2.16. The van der Waals surface area contributed by atoms with Crippen LogP contribution >= 0.6 is 11.6 Å². The molecule has 0 aromatic heterocycles. The molecule has 4 heteroatoms. The lowest BCUT2D eigenvalue weighted by Gasteiger charge is -2.12. The number of halogens is 1. The monoisotopic (exact) mass is 216 g/mol. The third-order valence-electron chi connectivity index (χ3n) is 1.51. The molecule has 0 spiro atoms. The number of hydrogen-bond acceptors (Lipinski definition) is 3. The Balaban J connectivity index is 2.23. The highest BCUT2D eigenvalue weighted by Crippen LogP contribution is 2.13. The van der Waals surface area contributed by atoms with Gasteiger partial charge in [-0.2, -0.15) is 0 Å². The van der Waals surface area contributed by atoms with E-state index in [0.29, 0.717) is 19.0 Å². The summed E-state index contributed by atoms with van der Waals surface area (Å²) in [5, 5.41) is 0. The van der Waals surface area contributed by atoms with E-state index in [9.17, 15) is 0 Å². The Hall–Kier alpha value is -0.770. The van der Waals surface area contributed by atoms with Gasteiger partial charge in [0, 0.05) is 7.11 Å². The first-order valence-corrected chi connectivity index (χ1v) is 4.73. The predicted molar refractivity (Wildman–Crippen MR) is 54.5 cm³/mol. The zero-order valence-electron chi connectivity index (χ0n) is 7.98. The van der Waals surface area contributed by atoms with E-state index in [2.05, 4.69) is 0 Å². The molecule has 0 saturated heterocycles. The first kappa shape index (κ1) is 11.3. The Morgan fingerprint density at radius 1 is 1.21 bits per heavy atom. The largest absolute Gasteiger partial charge is 0.451 e. The molecule has 3 nitrogen and oxygen atoms in total. The standard InChI is InChI=1S/C10H13ClO3/c1-12-7-8-13-10(11)14-9-5-3-2-4-6-9/h2-6,10H,7-8H2,1H3. The maximum absolute atomic E-state index is 5.75. The van der Waals surface area contributed by atoms with E-state index >= 15 is 0 Å². The van der Waals surface area contributed by atoms with Gasteiger partial charge in [-0.1, -0.05) is 18.2 Å². The third-order valence-corrected chi connectivity index (χ3v) is 1.72. The summed E-state index contributed by atoms with van der Waals surface area (Å²) in [5.74, 6) is -0.0857. The van der Waals surface area contributed by atoms with E-state index in [0.717, 1.165) is 0 Å². The van der Waals surface area contributed by atoms with Crippen LogP contribution in [0.25, 0.3) is 0 Å². The van der Waals surface area contributed by atoms with Gasteiger partial charge in [-0.05, 0) is 23.7 Å². The Bertz CT molecular complexity index is 240. The van der Waals surface area contributed by atoms with E-state index < -0.39 is 5.75 Å². The van der Waals surface area contributed by atoms with E-state index in [1.807, 2.05) is 30.3 Å². The number of alkyl halides is 1. The van der Waals surface area contributed by atoms with Gasteiger partial charge in [0.25, 0.3) is 5.75 Å². The fourth-order valence-corrected chi connectivity index (χ4v) is 1.06. The summed E-state index contributed by atoms with van der Waals surface area (Å²) in [6, 6.07) is 9.27. The Kier molecular flexibility index (Phi) is 5.37. The molecule has 0 aliphatic carbocycles. The second-order valence-electron chi connectivity index (χ2n) is 2.57.